The molecule has 0 aliphatic carbocycles. The zero-order chi connectivity index (χ0) is 16.8. The van der Waals surface area contributed by atoms with Crippen molar-refractivity contribution in [2.45, 2.75) is 39.3 Å². The molecule has 0 fully saturated rings. The van der Waals surface area contributed by atoms with Crippen molar-refractivity contribution >= 4 is 11.8 Å². The second-order valence-electron chi connectivity index (χ2n) is 5.91. The second kappa shape index (κ2) is 7.46. The van der Waals surface area contributed by atoms with Crippen LogP contribution in [0, 0.1) is 11.3 Å². The van der Waals surface area contributed by atoms with E-state index in [0.717, 1.165) is 0 Å². The van der Waals surface area contributed by atoms with Crippen molar-refractivity contribution < 1.29 is 14.3 Å². The fourth-order valence-electron chi connectivity index (χ4n) is 1.64. The summed E-state index contributed by atoms with van der Waals surface area (Å²) in [6, 6.07) is 8.46. The summed E-state index contributed by atoms with van der Waals surface area (Å²) in [6.07, 6.45) is -0.740. The average Bonchev–Trinajstić information content (AvgIpc) is 2.43. The Balaban J connectivity index is 2.45. The molecular weight excluding hydrogens is 282 g/mol. The molecule has 118 valence electrons. The van der Waals surface area contributed by atoms with Crippen LogP contribution in [-0.4, -0.2) is 30.0 Å². The minimum atomic E-state index is -0.740. The number of nitrogens with zero attached hydrogens (tertiary/aromatic N) is 1. The van der Waals surface area contributed by atoms with Crippen molar-refractivity contribution in [2.75, 3.05) is 6.54 Å². The van der Waals surface area contributed by atoms with Crippen molar-refractivity contribution in [1.29, 1.82) is 5.26 Å². The maximum Gasteiger partial charge on any atom is 0.261 e. The van der Waals surface area contributed by atoms with Crippen molar-refractivity contribution in [3.63, 3.8) is 0 Å². The van der Waals surface area contributed by atoms with E-state index in [1.165, 1.54) is 0 Å². The fourth-order valence-corrected chi connectivity index (χ4v) is 1.64. The molecule has 1 rings (SSSR count). The summed E-state index contributed by atoms with van der Waals surface area (Å²) >= 11 is 0. The molecule has 0 spiro atoms. The highest BCUT2D eigenvalue weighted by molar-refractivity contribution is 5.87. The van der Waals surface area contributed by atoms with E-state index >= 15 is 0 Å². The summed E-state index contributed by atoms with van der Waals surface area (Å²) in [5, 5.41) is 14.0. The lowest BCUT2D eigenvalue weighted by molar-refractivity contribution is -0.130. The Labute approximate surface area is 130 Å². The van der Waals surface area contributed by atoms with Gasteiger partial charge >= 0.3 is 0 Å². The molecule has 1 aromatic rings. The van der Waals surface area contributed by atoms with Crippen LogP contribution in [0.4, 0.5) is 0 Å². The van der Waals surface area contributed by atoms with Gasteiger partial charge in [0.2, 0.25) is 5.91 Å². The van der Waals surface area contributed by atoms with E-state index in [4.69, 9.17) is 10.00 Å². The first-order chi connectivity index (χ1) is 10.2. The Morgan fingerprint density at radius 1 is 1.27 bits per heavy atom. The van der Waals surface area contributed by atoms with Crippen LogP contribution >= 0.6 is 0 Å². The molecule has 0 heterocycles. The fraction of sp³-hybridized carbons (Fsp3) is 0.438. The van der Waals surface area contributed by atoms with Crippen LogP contribution in [0.1, 0.15) is 33.3 Å². The lowest BCUT2D eigenvalue weighted by atomic mass is 10.1. The number of rotatable bonds is 5. The van der Waals surface area contributed by atoms with Crippen LogP contribution in [0.25, 0.3) is 0 Å². The van der Waals surface area contributed by atoms with Crippen LogP contribution in [0.3, 0.4) is 0 Å². The molecule has 0 saturated heterocycles. The Hall–Kier alpha value is -2.55. The highest BCUT2D eigenvalue weighted by atomic mass is 16.5. The number of nitriles is 1. The van der Waals surface area contributed by atoms with Gasteiger partial charge in [-0.3, -0.25) is 9.59 Å². The molecule has 1 aromatic carbocycles. The van der Waals surface area contributed by atoms with Crippen LogP contribution in [0.15, 0.2) is 24.3 Å². The van der Waals surface area contributed by atoms with E-state index in [9.17, 15) is 9.59 Å². The summed E-state index contributed by atoms with van der Waals surface area (Å²) in [5.74, 6) is -0.152. The number of carbonyl (C=O) groups excluding carboxylic acids is 2. The lowest BCUT2D eigenvalue weighted by Crippen LogP contribution is -2.47. The van der Waals surface area contributed by atoms with E-state index in [1.54, 1.807) is 31.2 Å². The van der Waals surface area contributed by atoms with Crippen molar-refractivity contribution in [2.24, 2.45) is 0 Å². The van der Waals surface area contributed by atoms with E-state index in [1.807, 2.05) is 26.8 Å². The molecule has 1 unspecified atom stereocenters. The standard InChI is InChI=1S/C16H21N3O3/c1-11(22-13-7-5-12(9-17)6-8-13)15(21)18-10-14(20)19-16(2,3)4/h5-8,11H,10H2,1-4H3,(H,18,21)(H,19,20). The van der Waals surface area contributed by atoms with E-state index in [2.05, 4.69) is 10.6 Å². The number of benzene rings is 1. The molecule has 1 atom stereocenters. The molecule has 2 amide bonds. The maximum absolute atomic E-state index is 11.9. The van der Waals surface area contributed by atoms with Gasteiger partial charge in [0, 0.05) is 5.54 Å². The third kappa shape index (κ3) is 6.27. The molecule has 0 radical (unpaired) electrons. The van der Waals surface area contributed by atoms with Crippen LogP contribution in [0.2, 0.25) is 0 Å². The topological polar surface area (TPSA) is 91.2 Å². The van der Waals surface area contributed by atoms with Gasteiger partial charge in [-0.05, 0) is 52.0 Å². The van der Waals surface area contributed by atoms with Gasteiger partial charge in [0.1, 0.15) is 5.75 Å². The smallest absolute Gasteiger partial charge is 0.261 e. The Bertz CT molecular complexity index is 568. The third-order valence-corrected chi connectivity index (χ3v) is 2.60. The Kier molecular flexibility index (Phi) is 5.93. The van der Waals surface area contributed by atoms with Gasteiger partial charge in [-0.2, -0.15) is 5.26 Å². The summed E-state index contributed by atoms with van der Waals surface area (Å²) in [6.45, 7) is 7.09. The largest absolute Gasteiger partial charge is 0.481 e. The summed E-state index contributed by atoms with van der Waals surface area (Å²) in [5.41, 5.74) is 0.176. The van der Waals surface area contributed by atoms with Gasteiger partial charge in [0.05, 0.1) is 18.2 Å². The predicted molar refractivity (Wildman–Crippen MR) is 82.2 cm³/mol. The van der Waals surface area contributed by atoms with E-state index in [0.29, 0.717) is 11.3 Å². The molecule has 0 saturated carbocycles. The molecule has 22 heavy (non-hydrogen) atoms. The molecule has 0 bridgehead atoms. The normalized spacial score (nSPS) is 12.0. The summed E-state index contributed by atoms with van der Waals surface area (Å²) in [7, 11) is 0. The minimum Gasteiger partial charge on any atom is -0.481 e. The number of carbonyl (C=O) groups is 2. The van der Waals surface area contributed by atoms with Gasteiger partial charge in [-0.25, -0.2) is 0 Å². The highest BCUT2D eigenvalue weighted by Gasteiger charge is 2.18. The molecule has 0 aliphatic heterocycles. The van der Waals surface area contributed by atoms with Crippen LogP contribution in [-0.2, 0) is 9.59 Å². The molecule has 2 N–H and O–H groups in total. The predicted octanol–water partition coefficient (Wildman–Crippen LogP) is 1.36. The lowest BCUT2D eigenvalue weighted by Gasteiger charge is -2.21. The van der Waals surface area contributed by atoms with E-state index in [-0.39, 0.29) is 23.9 Å². The monoisotopic (exact) mass is 303 g/mol. The Morgan fingerprint density at radius 3 is 2.36 bits per heavy atom. The molecule has 6 nitrogen and oxygen atoms in total. The molecule has 0 aliphatic rings. The number of amides is 2. The van der Waals surface area contributed by atoms with Crippen molar-refractivity contribution in [1.82, 2.24) is 10.6 Å². The number of hydrogen-bond donors (Lipinski definition) is 2. The zero-order valence-electron chi connectivity index (χ0n) is 13.3. The number of ether oxygens (including phenoxy) is 1. The third-order valence-electron chi connectivity index (χ3n) is 2.60. The Morgan fingerprint density at radius 2 is 1.86 bits per heavy atom. The molecule has 6 heteroatoms. The first-order valence-electron chi connectivity index (χ1n) is 6.97. The number of nitrogens with one attached hydrogen (secondary N) is 2. The highest BCUT2D eigenvalue weighted by Crippen LogP contribution is 2.13. The number of hydrogen-bond acceptors (Lipinski definition) is 4. The quantitative estimate of drug-likeness (QED) is 0.859. The summed E-state index contributed by atoms with van der Waals surface area (Å²) < 4.78 is 5.46. The molecular formula is C16H21N3O3. The van der Waals surface area contributed by atoms with Crippen molar-refractivity contribution in [3.8, 4) is 11.8 Å². The van der Waals surface area contributed by atoms with Crippen molar-refractivity contribution in [3.05, 3.63) is 29.8 Å². The first-order valence-corrected chi connectivity index (χ1v) is 6.97. The first kappa shape index (κ1) is 17.5. The van der Waals surface area contributed by atoms with Gasteiger partial charge in [0.15, 0.2) is 6.10 Å². The SMILES string of the molecule is CC(Oc1ccc(C#N)cc1)C(=O)NCC(=O)NC(C)(C)C. The van der Waals surface area contributed by atoms with Crippen LogP contribution in [0.5, 0.6) is 5.75 Å². The van der Waals surface area contributed by atoms with Gasteiger partial charge in [0.25, 0.3) is 5.91 Å². The summed E-state index contributed by atoms with van der Waals surface area (Å²) in [4.78, 5) is 23.5. The van der Waals surface area contributed by atoms with Gasteiger partial charge < -0.3 is 15.4 Å². The zero-order valence-corrected chi connectivity index (χ0v) is 13.3. The molecule has 0 aromatic heterocycles. The van der Waals surface area contributed by atoms with Gasteiger partial charge in [-0.1, -0.05) is 0 Å². The minimum absolute atomic E-state index is 0.100. The van der Waals surface area contributed by atoms with E-state index < -0.39 is 6.10 Å². The average molecular weight is 303 g/mol. The van der Waals surface area contributed by atoms with Crippen LogP contribution < -0.4 is 15.4 Å². The maximum atomic E-state index is 11.9. The second-order valence-corrected chi connectivity index (χ2v) is 5.91. The van der Waals surface area contributed by atoms with Gasteiger partial charge in [-0.15, -0.1) is 0 Å².